The fourth-order valence-corrected chi connectivity index (χ4v) is 3.30. The molecule has 0 spiro atoms. The molecule has 3 heteroatoms. The molecule has 1 aromatic rings. The van der Waals surface area contributed by atoms with Crippen molar-refractivity contribution in [3.63, 3.8) is 0 Å². The maximum absolute atomic E-state index is 10.8. The van der Waals surface area contributed by atoms with E-state index in [1.165, 1.54) is 0 Å². The summed E-state index contributed by atoms with van der Waals surface area (Å²) in [6.45, 7) is 16.6. The lowest BCUT2D eigenvalue weighted by atomic mass is 9.74. The second kappa shape index (κ2) is 7.67. The quantitative estimate of drug-likeness (QED) is 0.630. The van der Waals surface area contributed by atoms with Crippen molar-refractivity contribution >= 4 is 0 Å². The number of hydrogen-bond donors (Lipinski definition) is 3. The van der Waals surface area contributed by atoms with Gasteiger partial charge in [0.05, 0.1) is 0 Å². The van der Waals surface area contributed by atoms with Gasteiger partial charge in [-0.3, -0.25) is 0 Å². The zero-order valence-electron chi connectivity index (χ0n) is 17.4. The molecule has 0 aromatic heterocycles. The van der Waals surface area contributed by atoms with E-state index in [2.05, 4.69) is 48.5 Å². The second-order valence-corrected chi connectivity index (χ2v) is 9.85. The Morgan fingerprint density at radius 1 is 0.880 bits per heavy atom. The minimum absolute atomic E-state index is 0.183. The monoisotopic (exact) mass is 350 g/mol. The lowest BCUT2D eigenvalue weighted by Crippen LogP contribution is -2.34. The van der Waals surface area contributed by atoms with Crippen LogP contribution in [0.4, 0.5) is 0 Å². The average Bonchev–Trinajstić information content (AvgIpc) is 2.44. The van der Waals surface area contributed by atoms with Crippen LogP contribution in [0.15, 0.2) is 12.1 Å². The molecule has 0 aliphatic carbocycles. The predicted octanol–water partition coefficient (Wildman–Crippen LogP) is 5.04. The molecule has 0 aliphatic heterocycles. The number of aromatic hydroxyl groups is 1. The van der Waals surface area contributed by atoms with E-state index in [4.69, 9.17) is 0 Å². The van der Waals surface area contributed by atoms with Crippen LogP contribution in [0.25, 0.3) is 0 Å². The SMILES string of the molecule is CCCCC(C)(Cc1cc(C(C)(C)C)c(O)c(C(C)(C)C)c1)C(O)O. The topological polar surface area (TPSA) is 60.7 Å². The third-order valence-corrected chi connectivity index (χ3v) is 5.12. The molecule has 0 radical (unpaired) electrons. The van der Waals surface area contributed by atoms with Crippen LogP contribution in [0.3, 0.4) is 0 Å². The Kier molecular flexibility index (Phi) is 6.75. The maximum Gasteiger partial charge on any atom is 0.157 e. The average molecular weight is 351 g/mol. The van der Waals surface area contributed by atoms with Crippen LogP contribution in [-0.4, -0.2) is 21.6 Å². The van der Waals surface area contributed by atoms with Gasteiger partial charge in [0.25, 0.3) is 0 Å². The number of rotatable bonds is 6. The van der Waals surface area contributed by atoms with Crippen molar-refractivity contribution in [2.75, 3.05) is 0 Å². The highest BCUT2D eigenvalue weighted by Crippen LogP contribution is 2.41. The van der Waals surface area contributed by atoms with Gasteiger partial charge in [-0.1, -0.05) is 80.4 Å². The molecular weight excluding hydrogens is 312 g/mol. The standard InChI is InChI=1S/C22H38O3/c1-9-10-11-22(8,19(24)25)14-15-12-16(20(2,3)4)18(23)17(13-15)21(5,6)7/h12-13,19,23-25H,9-11,14H2,1-8H3. The van der Waals surface area contributed by atoms with Crippen molar-refractivity contribution in [3.05, 3.63) is 28.8 Å². The minimum Gasteiger partial charge on any atom is -0.507 e. The molecule has 1 unspecified atom stereocenters. The minimum atomic E-state index is -1.36. The number of benzene rings is 1. The first kappa shape index (κ1) is 22.0. The summed E-state index contributed by atoms with van der Waals surface area (Å²) in [7, 11) is 0. The van der Waals surface area contributed by atoms with Crippen molar-refractivity contribution in [3.8, 4) is 5.75 Å². The second-order valence-electron chi connectivity index (χ2n) is 9.85. The number of hydrogen-bond acceptors (Lipinski definition) is 3. The summed E-state index contributed by atoms with van der Waals surface area (Å²) in [5.41, 5.74) is 1.94. The molecule has 0 aliphatic rings. The van der Waals surface area contributed by atoms with E-state index >= 15 is 0 Å². The third kappa shape index (κ3) is 5.46. The summed E-state index contributed by atoms with van der Waals surface area (Å²) in [5.74, 6) is 0.364. The van der Waals surface area contributed by atoms with E-state index in [9.17, 15) is 15.3 Å². The Balaban J connectivity index is 3.44. The zero-order valence-corrected chi connectivity index (χ0v) is 17.4. The van der Waals surface area contributed by atoms with Gasteiger partial charge in [-0.15, -0.1) is 0 Å². The highest BCUT2D eigenvalue weighted by molar-refractivity contribution is 5.50. The van der Waals surface area contributed by atoms with Crippen molar-refractivity contribution in [1.29, 1.82) is 0 Å². The number of unbranched alkanes of at least 4 members (excludes halogenated alkanes) is 1. The number of aliphatic hydroxyl groups is 2. The van der Waals surface area contributed by atoms with E-state index in [0.29, 0.717) is 12.2 Å². The summed E-state index contributed by atoms with van der Waals surface area (Å²) < 4.78 is 0. The molecular formula is C22H38O3. The molecule has 25 heavy (non-hydrogen) atoms. The largest absolute Gasteiger partial charge is 0.507 e. The van der Waals surface area contributed by atoms with Gasteiger partial charge in [-0.25, -0.2) is 0 Å². The Bertz CT molecular complexity index is 541. The van der Waals surface area contributed by atoms with E-state index < -0.39 is 11.7 Å². The van der Waals surface area contributed by atoms with Gasteiger partial charge >= 0.3 is 0 Å². The molecule has 1 rings (SSSR count). The van der Waals surface area contributed by atoms with Gasteiger partial charge in [-0.2, -0.15) is 0 Å². The molecule has 0 fully saturated rings. The molecule has 0 saturated carbocycles. The highest BCUT2D eigenvalue weighted by atomic mass is 16.5. The van der Waals surface area contributed by atoms with E-state index in [0.717, 1.165) is 36.0 Å². The fourth-order valence-electron chi connectivity index (χ4n) is 3.30. The smallest absolute Gasteiger partial charge is 0.157 e. The summed E-state index contributed by atoms with van der Waals surface area (Å²) in [6, 6.07) is 4.08. The van der Waals surface area contributed by atoms with Crippen molar-refractivity contribution in [1.82, 2.24) is 0 Å². The molecule has 1 atom stereocenters. The van der Waals surface area contributed by atoms with E-state index in [1.807, 2.05) is 19.1 Å². The van der Waals surface area contributed by atoms with Crippen molar-refractivity contribution in [2.24, 2.45) is 5.41 Å². The zero-order chi connectivity index (χ0) is 19.6. The first-order valence-corrected chi connectivity index (χ1v) is 9.45. The normalized spacial score (nSPS) is 15.5. The van der Waals surface area contributed by atoms with Gasteiger partial charge in [0.15, 0.2) is 6.29 Å². The lowest BCUT2D eigenvalue weighted by molar-refractivity contribution is -0.132. The van der Waals surface area contributed by atoms with E-state index in [1.54, 1.807) is 0 Å². The van der Waals surface area contributed by atoms with Gasteiger partial charge in [0.2, 0.25) is 0 Å². The Hall–Kier alpha value is -1.06. The maximum atomic E-state index is 10.8. The Labute approximate surface area is 154 Å². The first-order valence-electron chi connectivity index (χ1n) is 9.45. The van der Waals surface area contributed by atoms with Crippen LogP contribution in [0, 0.1) is 5.41 Å². The third-order valence-electron chi connectivity index (χ3n) is 5.12. The number of aliphatic hydroxyl groups excluding tert-OH is 1. The Morgan fingerprint density at radius 2 is 1.32 bits per heavy atom. The molecule has 144 valence electrons. The first-order chi connectivity index (χ1) is 11.2. The summed E-state index contributed by atoms with van der Waals surface area (Å²) in [6.07, 6.45) is 1.97. The summed E-state index contributed by atoms with van der Waals surface area (Å²) >= 11 is 0. The molecule has 0 saturated heterocycles. The molecule has 0 heterocycles. The van der Waals surface area contributed by atoms with Gasteiger partial charge < -0.3 is 15.3 Å². The highest BCUT2D eigenvalue weighted by Gasteiger charge is 2.33. The number of phenolic OH excluding ortho intramolecular Hbond substituents is 1. The Morgan fingerprint density at radius 3 is 1.64 bits per heavy atom. The van der Waals surface area contributed by atoms with Crippen LogP contribution in [-0.2, 0) is 17.3 Å². The summed E-state index contributed by atoms with van der Waals surface area (Å²) in [5, 5.41) is 30.8. The molecule has 0 bridgehead atoms. The molecule has 3 nitrogen and oxygen atoms in total. The number of phenols is 1. The van der Waals surface area contributed by atoms with Crippen LogP contribution in [0.1, 0.15) is 91.3 Å². The predicted molar refractivity (Wildman–Crippen MR) is 105 cm³/mol. The summed E-state index contributed by atoms with van der Waals surface area (Å²) in [4.78, 5) is 0. The lowest BCUT2D eigenvalue weighted by Gasteiger charge is -2.34. The van der Waals surface area contributed by atoms with Crippen LogP contribution in [0.2, 0.25) is 0 Å². The van der Waals surface area contributed by atoms with Gasteiger partial charge in [0, 0.05) is 5.41 Å². The molecule has 1 aromatic carbocycles. The van der Waals surface area contributed by atoms with Gasteiger partial charge in [-0.05, 0) is 40.4 Å². The van der Waals surface area contributed by atoms with Crippen LogP contribution < -0.4 is 0 Å². The van der Waals surface area contributed by atoms with E-state index in [-0.39, 0.29) is 10.8 Å². The fraction of sp³-hybridized carbons (Fsp3) is 0.727. The molecule has 0 amide bonds. The van der Waals surface area contributed by atoms with Crippen molar-refractivity contribution in [2.45, 2.75) is 98.2 Å². The van der Waals surface area contributed by atoms with Crippen molar-refractivity contribution < 1.29 is 15.3 Å². The van der Waals surface area contributed by atoms with Gasteiger partial charge in [0.1, 0.15) is 5.75 Å². The molecule has 3 N–H and O–H groups in total. The van der Waals surface area contributed by atoms with Crippen LogP contribution in [0.5, 0.6) is 5.75 Å². The van der Waals surface area contributed by atoms with Crippen LogP contribution >= 0.6 is 0 Å².